The second-order valence-electron chi connectivity index (χ2n) is 7.13. The average Bonchev–Trinajstić information content (AvgIpc) is 2.59. The lowest BCUT2D eigenvalue weighted by molar-refractivity contribution is -0.123. The lowest BCUT2D eigenvalue weighted by Crippen LogP contribution is -2.28. The Bertz CT molecular complexity index is 780. The molecule has 5 nitrogen and oxygen atoms in total. The van der Waals surface area contributed by atoms with Crippen LogP contribution in [0.2, 0.25) is 0 Å². The van der Waals surface area contributed by atoms with Crippen LogP contribution in [-0.2, 0) is 16.1 Å². The Kier molecular flexibility index (Phi) is 7.41. The van der Waals surface area contributed by atoms with Crippen LogP contribution in [0.25, 0.3) is 0 Å². The van der Waals surface area contributed by atoms with Crippen molar-refractivity contribution in [1.82, 2.24) is 5.32 Å². The number of hydrogen-bond acceptors (Lipinski definition) is 3. The Morgan fingerprint density at radius 1 is 1.00 bits per heavy atom. The van der Waals surface area contributed by atoms with Crippen LogP contribution in [0.1, 0.15) is 37.0 Å². The molecule has 0 radical (unpaired) electrons. The summed E-state index contributed by atoms with van der Waals surface area (Å²) in [5, 5.41) is 5.73. The summed E-state index contributed by atoms with van der Waals surface area (Å²) in [6.07, 6.45) is 0.483. The van der Waals surface area contributed by atoms with Crippen molar-refractivity contribution in [2.45, 2.75) is 40.7 Å². The van der Waals surface area contributed by atoms with Gasteiger partial charge in [-0.1, -0.05) is 44.2 Å². The maximum atomic E-state index is 12.1. The van der Waals surface area contributed by atoms with E-state index in [1.807, 2.05) is 70.2 Å². The van der Waals surface area contributed by atoms with Gasteiger partial charge in [0.1, 0.15) is 5.75 Å². The van der Waals surface area contributed by atoms with Gasteiger partial charge in [0.2, 0.25) is 5.91 Å². The molecule has 0 saturated carbocycles. The molecule has 2 amide bonds. The molecule has 2 N–H and O–H groups in total. The summed E-state index contributed by atoms with van der Waals surface area (Å²) >= 11 is 0. The molecule has 0 spiro atoms. The van der Waals surface area contributed by atoms with Crippen molar-refractivity contribution >= 4 is 17.5 Å². The van der Waals surface area contributed by atoms with Crippen molar-refractivity contribution in [2.75, 3.05) is 11.9 Å². The zero-order chi connectivity index (χ0) is 19.8. The normalized spacial score (nSPS) is 10.6. The first-order valence-corrected chi connectivity index (χ1v) is 9.19. The van der Waals surface area contributed by atoms with Gasteiger partial charge in [-0.05, 0) is 48.6 Å². The number of anilines is 1. The number of ether oxygens (including phenoxy) is 1. The van der Waals surface area contributed by atoms with E-state index in [2.05, 4.69) is 10.6 Å². The number of hydrogen-bond donors (Lipinski definition) is 2. The smallest absolute Gasteiger partial charge is 0.258 e. The third-order valence-electron chi connectivity index (χ3n) is 4.05. The molecule has 0 aliphatic heterocycles. The molecule has 2 aromatic rings. The molecule has 5 heteroatoms. The molecule has 0 aliphatic rings. The van der Waals surface area contributed by atoms with E-state index >= 15 is 0 Å². The maximum Gasteiger partial charge on any atom is 0.258 e. The summed E-state index contributed by atoms with van der Waals surface area (Å²) in [5.41, 5.74) is 3.66. The van der Waals surface area contributed by atoms with Gasteiger partial charge >= 0.3 is 0 Å². The Labute approximate surface area is 161 Å². The zero-order valence-electron chi connectivity index (χ0n) is 16.5. The summed E-state index contributed by atoms with van der Waals surface area (Å²) in [6.45, 7) is 8.27. The fourth-order valence-corrected chi connectivity index (χ4v) is 2.76. The zero-order valence-corrected chi connectivity index (χ0v) is 16.5. The molecule has 27 heavy (non-hydrogen) atoms. The van der Waals surface area contributed by atoms with Crippen LogP contribution in [-0.4, -0.2) is 18.4 Å². The topological polar surface area (TPSA) is 67.4 Å². The Hall–Kier alpha value is -2.82. The van der Waals surface area contributed by atoms with E-state index in [4.69, 9.17) is 4.74 Å². The van der Waals surface area contributed by atoms with Gasteiger partial charge in [-0.2, -0.15) is 0 Å². The summed E-state index contributed by atoms with van der Waals surface area (Å²) < 4.78 is 5.66. The van der Waals surface area contributed by atoms with Gasteiger partial charge in [0.05, 0.1) is 0 Å². The van der Waals surface area contributed by atoms with E-state index in [0.29, 0.717) is 18.9 Å². The van der Waals surface area contributed by atoms with Gasteiger partial charge in [-0.15, -0.1) is 0 Å². The predicted molar refractivity (Wildman–Crippen MR) is 108 cm³/mol. The van der Waals surface area contributed by atoms with Crippen LogP contribution in [0.5, 0.6) is 5.75 Å². The third-order valence-corrected chi connectivity index (χ3v) is 4.05. The SMILES string of the molecule is Cc1cccc(C)c1OCC(=O)NCc1cccc(NC(=O)CC(C)C)c1. The fraction of sp³-hybridized carbons (Fsp3) is 0.364. The number of carbonyl (C=O) groups is 2. The monoisotopic (exact) mass is 368 g/mol. The molecule has 0 atom stereocenters. The quantitative estimate of drug-likeness (QED) is 0.740. The number of carbonyl (C=O) groups excluding carboxylic acids is 2. The molecule has 2 rings (SSSR count). The van der Waals surface area contributed by atoms with Crippen molar-refractivity contribution < 1.29 is 14.3 Å². The van der Waals surface area contributed by atoms with Gasteiger partial charge in [-0.25, -0.2) is 0 Å². The average molecular weight is 368 g/mol. The molecular formula is C22H28N2O3. The predicted octanol–water partition coefficient (Wildman–Crippen LogP) is 3.98. The van der Waals surface area contributed by atoms with Crippen molar-refractivity contribution in [3.05, 3.63) is 59.2 Å². The molecule has 0 bridgehead atoms. The van der Waals surface area contributed by atoms with Crippen LogP contribution in [0, 0.1) is 19.8 Å². The largest absolute Gasteiger partial charge is 0.483 e. The van der Waals surface area contributed by atoms with Crippen LogP contribution in [0.4, 0.5) is 5.69 Å². The first-order valence-electron chi connectivity index (χ1n) is 9.19. The van der Waals surface area contributed by atoms with Crippen LogP contribution >= 0.6 is 0 Å². The highest BCUT2D eigenvalue weighted by molar-refractivity contribution is 5.90. The molecule has 0 saturated heterocycles. The van der Waals surface area contributed by atoms with Gasteiger partial charge < -0.3 is 15.4 Å². The van der Waals surface area contributed by atoms with Crippen molar-refractivity contribution in [2.24, 2.45) is 5.92 Å². The van der Waals surface area contributed by atoms with E-state index in [1.54, 1.807) is 0 Å². The van der Waals surface area contributed by atoms with E-state index < -0.39 is 0 Å². The van der Waals surface area contributed by atoms with Gasteiger partial charge in [0.15, 0.2) is 6.61 Å². The summed E-state index contributed by atoms with van der Waals surface area (Å²) in [6, 6.07) is 13.4. The Morgan fingerprint density at radius 3 is 2.33 bits per heavy atom. The molecule has 0 unspecified atom stereocenters. The van der Waals surface area contributed by atoms with Crippen molar-refractivity contribution in [1.29, 1.82) is 0 Å². The number of aryl methyl sites for hydroxylation is 2. The second-order valence-corrected chi connectivity index (χ2v) is 7.13. The van der Waals surface area contributed by atoms with E-state index in [1.165, 1.54) is 0 Å². The number of rotatable bonds is 8. The lowest BCUT2D eigenvalue weighted by atomic mass is 10.1. The minimum atomic E-state index is -0.188. The fourth-order valence-electron chi connectivity index (χ4n) is 2.76. The molecule has 0 aromatic heterocycles. The first kappa shape index (κ1) is 20.5. The number of para-hydroxylation sites is 1. The Morgan fingerprint density at radius 2 is 1.67 bits per heavy atom. The Balaban J connectivity index is 1.84. The molecule has 0 aliphatic carbocycles. The number of amides is 2. The van der Waals surface area contributed by atoms with Gasteiger partial charge in [0.25, 0.3) is 5.91 Å². The number of nitrogens with one attached hydrogen (secondary N) is 2. The molecule has 144 valence electrons. The standard InChI is InChI=1S/C22H28N2O3/c1-15(2)11-20(25)24-19-10-6-9-18(12-19)13-23-21(26)14-27-22-16(3)7-5-8-17(22)4/h5-10,12,15H,11,13-14H2,1-4H3,(H,23,26)(H,24,25). The lowest BCUT2D eigenvalue weighted by Gasteiger charge is -2.12. The molecule has 2 aromatic carbocycles. The van der Waals surface area contributed by atoms with E-state index in [0.717, 1.165) is 28.1 Å². The third kappa shape index (κ3) is 6.77. The first-order chi connectivity index (χ1) is 12.8. The molecule has 0 fully saturated rings. The van der Waals surface area contributed by atoms with Gasteiger partial charge in [0, 0.05) is 18.7 Å². The second kappa shape index (κ2) is 9.76. The van der Waals surface area contributed by atoms with Crippen LogP contribution in [0.15, 0.2) is 42.5 Å². The van der Waals surface area contributed by atoms with Crippen LogP contribution < -0.4 is 15.4 Å². The summed E-state index contributed by atoms with van der Waals surface area (Å²) in [7, 11) is 0. The highest BCUT2D eigenvalue weighted by atomic mass is 16.5. The minimum Gasteiger partial charge on any atom is -0.483 e. The van der Waals surface area contributed by atoms with E-state index in [9.17, 15) is 9.59 Å². The molecule has 0 heterocycles. The van der Waals surface area contributed by atoms with Gasteiger partial charge in [-0.3, -0.25) is 9.59 Å². The molecular weight excluding hydrogens is 340 g/mol. The van der Waals surface area contributed by atoms with E-state index in [-0.39, 0.29) is 18.4 Å². The highest BCUT2D eigenvalue weighted by Crippen LogP contribution is 2.22. The van der Waals surface area contributed by atoms with Crippen molar-refractivity contribution in [3.63, 3.8) is 0 Å². The minimum absolute atomic E-state index is 0.00631. The highest BCUT2D eigenvalue weighted by Gasteiger charge is 2.08. The summed E-state index contributed by atoms with van der Waals surface area (Å²) in [4.78, 5) is 24.0. The summed E-state index contributed by atoms with van der Waals surface area (Å²) in [5.74, 6) is 0.868. The number of benzene rings is 2. The van der Waals surface area contributed by atoms with Crippen molar-refractivity contribution in [3.8, 4) is 5.75 Å². The van der Waals surface area contributed by atoms with Crippen LogP contribution in [0.3, 0.4) is 0 Å². The maximum absolute atomic E-state index is 12.1.